The quantitative estimate of drug-likeness (QED) is 0.313. The Labute approximate surface area is 235 Å². The number of benzene rings is 2. The number of fused-ring (bicyclic) bond motifs is 2. The van der Waals surface area contributed by atoms with Gasteiger partial charge in [0, 0.05) is 41.8 Å². The van der Waals surface area contributed by atoms with Gasteiger partial charge in [-0.2, -0.15) is 0 Å². The monoisotopic (exact) mass is 580 g/mol. The number of rotatable bonds is 7. The standard InChI is InChI=1S/C27H25ClN6O5S/c1-16(39-27(36)25-19-5-3-4-6-21(19)30-22-13-14-34(2)15-20(22)25)26(35)29-17-7-9-18(10-8-17)40(37,38)33-24-12-11-23(28)31-32-24/h3-12,16H,13-15H2,1-2H3,(H,29,35)(H,32,33). The molecule has 0 saturated carbocycles. The first-order valence-electron chi connectivity index (χ1n) is 12.3. The Hall–Kier alpha value is -4.13. The molecule has 2 aromatic heterocycles. The van der Waals surface area contributed by atoms with Crippen LogP contribution in [0.1, 0.15) is 28.5 Å². The van der Waals surface area contributed by atoms with Crippen molar-refractivity contribution in [1.82, 2.24) is 20.1 Å². The molecule has 0 fully saturated rings. The van der Waals surface area contributed by atoms with Crippen LogP contribution in [0.3, 0.4) is 0 Å². The van der Waals surface area contributed by atoms with Crippen LogP contribution >= 0.6 is 11.6 Å². The maximum atomic E-state index is 13.4. The van der Waals surface area contributed by atoms with E-state index in [4.69, 9.17) is 21.3 Å². The minimum absolute atomic E-state index is 0.00677. The number of anilines is 2. The van der Waals surface area contributed by atoms with Crippen LogP contribution in [-0.2, 0) is 32.5 Å². The largest absolute Gasteiger partial charge is 0.449 e. The summed E-state index contributed by atoms with van der Waals surface area (Å²) >= 11 is 5.68. The number of carbonyl (C=O) groups is 2. The highest BCUT2D eigenvalue weighted by molar-refractivity contribution is 7.92. The molecule has 3 heterocycles. The lowest BCUT2D eigenvalue weighted by Crippen LogP contribution is -2.32. The number of nitrogens with one attached hydrogen (secondary N) is 2. The molecule has 1 unspecified atom stereocenters. The average Bonchev–Trinajstić information content (AvgIpc) is 2.93. The number of pyridine rings is 1. The minimum Gasteiger partial charge on any atom is -0.449 e. The number of para-hydroxylation sites is 1. The molecule has 0 radical (unpaired) electrons. The first-order valence-corrected chi connectivity index (χ1v) is 14.2. The van der Waals surface area contributed by atoms with Gasteiger partial charge >= 0.3 is 5.97 Å². The number of carbonyl (C=O) groups excluding carboxylic acids is 2. The lowest BCUT2D eigenvalue weighted by molar-refractivity contribution is -0.123. The summed E-state index contributed by atoms with van der Waals surface area (Å²) < 4.78 is 33.2. The summed E-state index contributed by atoms with van der Waals surface area (Å²) in [4.78, 5) is 33.0. The zero-order chi connectivity index (χ0) is 28.4. The normalized spacial score (nSPS) is 14.3. The SMILES string of the molecule is CC(OC(=O)c1c2c(nc3ccccc13)CCN(C)C2)C(=O)Nc1ccc(S(=O)(=O)Nc2ccc(Cl)nn2)cc1. The van der Waals surface area contributed by atoms with Crippen LogP contribution in [-0.4, -0.2) is 60.1 Å². The van der Waals surface area contributed by atoms with Gasteiger partial charge in [0.05, 0.1) is 16.0 Å². The van der Waals surface area contributed by atoms with E-state index in [1.54, 1.807) is 0 Å². The molecule has 2 aromatic carbocycles. The van der Waals surface area contributed by atoms with Crippen molar-refractivity contribution in [3.05, 3.63) is 82.6 Å². The van der Waals surface area contributed by atoms with E-state index in [-0.39, 0.29) is 15.9 Å². The summed E-state index contributed by atoms with van der Waals surface area (Å²) in [6.45, 7) is 2.86. The molecule has 1 amide bonds. The Morgan fingerprint density at radius 3 is 2.52 bits per heavy atom. The van der Waals surface area contributed by atoms with Gasteiger partial charge in [0.15, 0.2) is 17.1 Å². The predicted octanol–water partition coefficient (Wildman–Crippen LogP) is 3.65. The molecule has 0 aliphatic carbocycles. The number of aromatic nitrogens is 3. The van der Waals surface area contributed by atoms with E-state index in [0.29, 0.717) is 35.1 Å². The Balaban J connectivity index is 1.28. The molecule has 1 atom stereocenters. The van der Waals surface area contributed by atoms with Gasteiger partial charge in [-0.1, -0.05) is 29.8 Å². The van der Waals surface area contributed by atoms with Crippen LogP contribution in [0, 0.1) is 0 Å². The number of esters is 1. The Morgan fingerprint density at radius 2 is 1.80 bits per heavy atom. The molecule has 0 saturated heterocycles. The highest BCUT2D eigenvalue weighted by atomic mass is 35.5. The smallest absolute Gasteiger partial charge is 0.339 e. The van der Waals surface area contributed by atoms with Gasteiger partial charge in [0.1, 0.15) is 0 Å². The lowest BCUT2D eigenvalue weighted by atomic mass is 9.96. The highest BCUT2D eigenvalue weighted by Gasteiger charge is 2.28. The third kappa shape index (κ3) is 5.88. The molecular formula is C27H25ClN6O5S. The molecule has 0 spiro atoms. The molecule has 40 heavy (non-hydrogen) atoms. The van der Waals surface area contributed by atoms with Gasteiger partial charge in [-0.05, 0) is 56.4 Å². The van der Waals surface area contributed by atoms with Crippen LogP contribution in [0.25, 0.3) is 10.9 Å². The topological polar surface area (TPSA) is 143 Å². The first-order chi connectivity index (χ1) is 19.1. The van der Waals surface area contributed by atoms with Crippen LogP contribution in [0.15, 0.2) is 65.6 Å². The van der Waals surface area contributed by atoms with Gasteiger partial charge in [0.2, 0.25) is 0 Å². The molecule has 206 valence electrons. The number of sulfonamides is 1. The van der Waals surface area contributed by atoms with Crippen molar-refractivity contribution in [2.24, 2.45) is 0 Å². The van der Waals surface area contributed by atoms with E-state index in [0.717, 1.165) is 17.8 Å². The summed E-state index contributed by atoms with van der Waals surface area (Å²) in [5.41, 5.74) is 3.10. The number of hydrogen-bond donors (Lipinski definition) is 2. The zero-order valence-corrected chi connectivity index (χ0v) is 23.2. The number of hydrogen-bond acceptors (Lipinski definition) is 9. The molecule has 1 aliphatic rings. The third-order valence-corrected chi connectivity index (χ3v) is 7.97. The molecule has 1 aliphatic heterocycles. The summed E-state index contributed by atoms with van der Waals surface area (Å²) in [5.74, 6) is -1.17. The van der Waals surface area contributed by atoms with Gasteiger partial charge in [-0.25, -0.2) is 13.2 Å². The zero-order valence-electron chi connectivity index (χ0n) is 21.6. The second-order valence-electron chi connectivity index (χ2n) is 9.32. The fourth-order valence-corrected chi connectivity index (χ4v) is 5.46. The molecule has 2 N–H and O–H groups in total. The van der Waals surface area contributed by atoms with Gasteiger partial charge < -0.3 is 15.0 Å². The van der Waals surface area contributed by atoms with Crippen molar-refractivity contribution < 1.29 is 22.7 Å². The van der Waals surface area contributed by atoms with Crippen LogP contribution < -0.4 is 10.0 Å². The molecular weight excluding hydrogens is 556 g/mol. The Bertz CT molecular complexity index is 1700. The number of nitrogens with zero attached hydrogens (tertiary/aromatic N) is 4. The summed E-state index contributed by atoms with van der Waals surface area (Å²) in [6, 6.07) is 15.7. The summed E-state index contributed by atoms with van der Waals surface area (Å²) in [7, 11) is -1.98. The molecule has 4 aromatic rings. The Kier molecular flexibility index (Phi) is 7.66. The van der Waals surface area contributed by atoms with Crippen LogP contribution in [0.5, 0.6) is 0 Å². The van der Waals surface area contributed by atoms with Crippen molar-refractivity contribution in [2.45, 2.75) is 30.9 Å². The molecule has 13 heteroatoms. The predicted molar refractivity (Wildman–Crippen MR) is 150 cm³/mol. The first kappa shape index (κ1) is 27.4. The van der Waals surface area contributed by atoms with E-state index >= 15 is 0 Å². The van der Waals surface area contributed by atoms with E-state index in [2.05, 4.69) is 25.1 Å². The fourth-order valence-electron chi connectivity index (χ4n) is 4.36. The van der Waals surface area contributed by atoms with Crippen LogP contribution in [0.2, 0.25) is 5.15 Å². The molecule has 0 bridgehead atoms. The van der Waals surface area contributed by atoms with Gasteiger partial charge in [-0.3, -0.25) is 14.5 Å². The highest BCUT2D eigenvalue weighted by Crippen LogP contribution is 2.29. The number of halogens is 1. The lowest BCUT2D eigenvalue weighted by Gasteiger charge is -2.27. The maximum absolute atomic E-state index is 13.4. The van der Waals surface area contributed by atoms with Crippen molar-refractivity contribution >= 4 is 55.9 Å². The number of amides is 1. The van der Waals surface area contributed by atoms with Crippen molar-refractivity contribution in [2.75, 3.05) is 23.6 Å². The summed E-state index contributed by atoms with van der Waals surface area (Å²) in [6.07, 6.45) is -0.411. The second-order valence-corrected chi connectivity index (χ2v) is 11.4. The van der Waals surface area contributed by atoms with Crippen molar-refractivity contribution in [1.29, 1.82) is 0 Å². The van der Waals surface area contributed by atoms with Gasteiger partial charge in [0.25, 0.3) is 15.9 Å². The maximum Gasteiger partial charge on any atom is 0.339 e. The molecule has 5 rings (SSSR count). The van der Waals surface area contributed by atoms with Crippen molar-refractivity contribution in [3.63, 3.8) is 0 Å². The fraction of sp³-hybridized carbons (Fsp3) is 0.222. The van der Waals surface area contributed by atoms with E-state index in [1.807, 2.05) is 31.3 Å². The molecule has 11 nitrogen and oxygen atoms in total. The van der Waals surface area contributed by atoms with E-state index in [9.17, 15) is 18.0 Å². The van der Waals surface area contributed by atoms with E-state index in [1.165, 1.54) is 43.3 Å². The van der Waals surface area contributed by atoms with Crippen LogP contribution in [0.4, 0.5) is 11.5 Å². The average molecular weight is 581 g/mol. The minimum atomic E-state index is -3.95. The number of likely N-dealkylation sites (N-methyl/N-ethyl adjacent to an activating group) is 1. The Morgan fingerprint density at radius 1 is 1.05 bits per heavy atom. The van der Waals surface area contributed by atoms with Gasteiger partial charge in [-0.15, -0.1) is 10.2 Å². The third-order valence-electron chi connectivity index (χ3n) is 6.40. The number of ether oxygens (including phenoxy) is 1. The van der Waals surface area contributed by atoms with Crippen molar-refractivity contribution in [3.8, 4) is 0 Å². The second kappa shape index (κ2) is 11.2. The van der Waals surface area contributed by atoms with E-state index < -0.39 is 28.0 Å². The summed E-state index contributed by atoms with van der Waals surface area (Å²) in [5, 5.41) is 10.7.